The van der Waals surface area contributed by atoms with Crippen molar-refractivity contribution in [2.75, 3.05) is 6.61 Å². The Bertz CT molecular complexity index is 320. The molecule has 0 aliphatic carbocycles. The van der Waals surface area contributed by atoms with Crippen molar-refractivity contribution >= 4 is 0 Å². The summed E-state index contributed by atoms with van der Waals surface area (Å²) in [6.45, 7) is 6.59. The van der Waals surface area contributed by atoms with Crippen LogP contribution in [0, 0.1) is 0 Å². The Morgan fingerprint density at radius 2 is 2.25 bits per heavy atom. The minimum absolute atomic E-state index is 0.0503. The summed E-state index contributed by atoms with van der Waals surface area (Å²) in [5.74, 6) is 0. The number of aryl methyl sites for hydroxylation is 1. The van der Waals surface area contributed by atoms with E-state index in [2.05, 4.69) is 31.2 Å². The molecule has 1 unspecified atom stereocenters. The van der Waals surface area contributed by atoms with Gasteiger partial charge in [-0.2, -0.15) is 5.10 Å². The lowest BCUT2D eigenvalue weighted by Gasteiger charge is -2.30. The van der Waals surface area contributed by atoms with Gasteiger partial charge in [-0.1, -0.05) is 6.92 Å². The minimum atomic E-state index is -0.0503. The molecule has 0 spiro atoms. The van der Waals surface area contributed by atoms with Crippen LogP contribution in [0.2, 0.25) is 0 Å². The SMILES string of the molecule is CCC(NC(C)(C)CCO)c1cnn(C)c1. The van der Waals surface area contributed by atoms with E-state index < -0.39 is 0 Å². The average Bonchev–Trinajstić information content (AvgIpc) is 2.61. The second kappa shape index (κ2) is 5.46. The minimum Gasteiger partial charge on any atom is -0.396 e. The summed E-state index contributed by atoms with van der Waals surface area (Å²) < 4.78 is 1.82. The second-order valence-corrected chi connectivity index (χ2v) is 4.91. The van der Waals surface area contributed by atoms with Crippen LogP contribution in [0.4, 0.5) is 0 Å². The quantitative estimate of drug-likeness (QED) is 0.773. The van der Waals surface area contributed by atoms with E-state index in [-0.39, 0.29) is 12.1 Å². The maximum absolute atomic E-state index is 9.01. The van der Waals surface area contributed by atoms with Crippen molar-refractivity contribution in [1.29, 1.82) is 0 Å². The number of rotatable bonds is 6. The van der Waals surface area contributed by atoms with Gasteiger partial charge in [0.05, 0.1) is 6.20 Å². The molecule has 16 heavy (non-hydrogen) atoms. The molecule has 4 nitrogen and oxygen atoms in total. The van der Waals surface area contributed by atoms with Crippen LogP contribution in [0.15, 0.2) is 12.4 Å². The standard InChI is InChI=1S/C12H23N3O/c1-5-11(10-8-13-15(4)9-10)14-12(2,3)6-7-16/h8-9,11,14,16H,5-7H2,1-4H3. The van der Waals surface area contributed by atoms with Crippen molar-refractivity contribution in [2.24, 2.45) is 7.05 Å². The van der Waals surface area contributed by atoms with Gasteiger partial charge in [0.25, 0.3) is 0 Å². The first kappa shape index (κ1) is 13.2. The predicted octanol–water partition coefficient (Wildman–Crippen LogP) is 1.62. The van der Waals surface area contributed by atoms with Crippen molar-refractivity contribution in [2.45, 2.75) is 45.2 Å². The molecule has 1 aromatic heterocycles. The molecule has 0 amide bonds. The number of aromatic nitrogens is 2. The van der Waals surface area contributed by atoms with Crippen LogP contribution in [-0.4, -0.2) is 27.0 Å². The molecule has 0 aromatic carbocycles. The van der Waals surface area contributed by atoms with Crippen LogP contribution in [0.5, 0.6) is 0 Å². The Balaban J connectivity index is 2.69. The molecular weight excluding hydrogens is 202 g/mol. The molecule has 92 valence electrons. The first-order valence-corrected chi connectivity index (χ1v) is 5.85. The van der Waals surface area contributed by atoms with E-state index in [0.717, 1.165) is 12.8 Å². The van der Waals surface area contributed by atoms with Crippen LogP contribution >= 0.6 is 0 Å². The Labute approximate surface area is 97.7 Å². The molecule has 1 rings (SSSR count). The summed E-state index contributed by atoms with van der Waals surface area (Å²) >= 11 is 0. The van der Waals surface area contributed by atoms with E-state index in [0.29, 0.717) is 6.04 Å². The molecular formula is C12H23N3O. The van der Waals surface area contributed by atoms with Crippen LogP contribution < -0.4 is 5.32 Å². The highest BCUT2D eigenvalue weighted by molar-refractivity contribution is 5.11. The zero-order valence-electron chi connectivity index (χ0n) is 10.7. The molecule has 0 fully saturated rings. The Kier molecular flexibility index (Phi) is 4.50. The highest BCUT2D eigenvalue weighted by Crippen LogP contribution is 2.20. The molecule has 0 aliphatic rings. The van der Waals surface area contributed by atoms with E-state index in [1.165, 1.54) is 5.56 Å². The number of aliphatic hydroxyl groups excluding tert-OH is 1. The zero-order chi connectivity index (χ0) is 12.2. The molecule has 0 bridgehead atoms. The van der Waals surface area contributed by atoms with Crippen molar-refractivity contribution in [3.8, 4) is 0 Å². The van der Waals surface area contributed by atoms with Crippen molar-refractivity contribution in [3.63, 3.8) is 0 Å². The molecule has 1 atom stereocenters. The van der Waals surface area contributed by atoms with Crippen LogP contribution in [0.1, 0.15) is 45.2 Å². The lowest BCUT2D eigenvalue weighted by atomic mass is 9.97. The lowest BCUT2D eigenvalue weighted by molar-refractivity contribution is 0.217. The number of hydrogen-bond donors (Lipinski definition) is 2. The maximum Gasteiger partial charge on any atom is 0.0537 e. The average molecular weight is 225 g/mol. The number of hydrogen-bond acceptors (Lipinski definition) is 3. The van der Waals surface area contributed by atoms with E-state index in [9.17, 15) is 0 Å². The first-order valence-electron chi connectivity index (χ1n) is 5.85. The van der Waals surface area contributed by atoms with Gasteiger partial charge in [0, 0.05) is 37.0 Å². The molecule has 1 heterocycles. The highest BCUT2D eigenvalue weighted by Gasteiger charge is 2.22. The lowest BCUT2D eigenvalue weighted by Crippen LogP contribution is -2.42. The summed E-state index contributed by atoms with van der Waals surface area (Å²) in [5.41, 5.74) is 1.15. The van der Waals surface area contributed by atoms with Gasteiger partial charge in [0.15, 0.2) is 0 Å². The third kappa shape index (κ3) is 3.61. The number of nitrogens with one attached hydrogen (secondary N) is 1. The Morgan fingerprint density at radius 1 is 1.56 bits per heavy atom. The third-order valence-electron chi connectivity index (χ3n) is 2.84. The van der Waals surface area contributed by atoms with Gasteiger partial charge in [-0.25, -0.2) is 0 Å². The van der Waals surface area contributed by atoms with E-state index in [1.807, 2.05) is 24.1 Å². The Morgan fingerprint density at radius 3 is 2.69 bits per heavy atom. The van der Waals surface area contributed by atoms with Gasteiger partial charge in [0.1, 0.15) is 0 Å². The molecule has 2 N–H and O–H groups in total. The maximum atomic E-state index is 9.01. The van der Waals surface area contributed by atoms with Crippen molar-refractivity contribution < 1.29 is 5.11 Å². The van der Waals surface area contributed by atoms with Gasteiger partial charge in [0.2, 0.25) is 0 Å². The highest BCUT2D eigenvalue weighted by atomic mass is 16.3. The van der Waals surface area contributed by atoms with Crippen LogP contribution in [-0.2, 0) is 7.05 Å². The van der Waals surface area contributed by atoms with E-state index in [1.54, 1.807) is 0 Å². The van der Waals surface area contributed by atoms with Gasteiger partial charge < -0.3 is 10.4 Å². The molecule has 0 saturated carbocycles. The smallest absolute Gasteiger partial charge is 0.0537 e. The summed E-state index contributed by atoms with van der Waals surface area (Å²) in [5, 5.41) is 16.8. The van der Waals surface area contributed by atoms with Gasteiger partial charge in [-0.15, -0.1) is 0 Å². The van der Waals surface area contributed by atoms with Crippen molar-refractivity contribution in [1.82, 2.24) is 15.1 Å². The first-order chi connectivity index (χ1) is 7.48. The van der Waals surface area contributed by atoms with Crippen LogP contribution in [0.25, 0.3) is 0 Å². The summed E-state index contributed by atoms with van der Waals surface area (Å²) in [6.07, 6.45) is 5.71. The van der Waals surface area contributed by atoms with Crippen molar-refractivity contribution in [3.05, 3.63) is 18.0 Å². The molecule has 0 aliphatic heterocycles. The largest absolute Gasteiger partial charge is 0.396 e. The molecule has 0 radical (unpaired) electrons. The number of nitrogens with zero attached hydrogens (tertiary/aromatic N) is 2. The Hall–Kier alpha value is -0.870. The number of aliphatic hydroxyl groups is 1. The van der Waals surface area contributed by atoms with Gasteiger partial charge >= 0.3 is 0 Å². The van der Waals surface area contributed by atoms with E-state index >= 15 is 0 Å². The third-order valence-corrected chi connectivity index (χ3v) is 2.84. The second-order valence-electron chi connectivity index (χ2n) is 4.91. The fourth-order valence-electron chi connectivity index (χ4n) is 1.86. The summed E-state index contributed by atoms with van der Waals surface area (Å²) in [6, 6.07) is 0.301. The normalized spacial score (nSPS) is 14.1. The topological polar surface area (TPSA) is 50.1 Å². The molecule has 4 heteroatoms. The molecule has 1 aromatic rings. The fourth-order valence-corrected chi connectivity index (χ4v) is 1.86. The monoisotopic (exact) mass is 225 g/mol. The van der Waals surface area contributed by atoms with Gasteiger partial charge in [-0.05, 0) is 26.7 Å². The fraction of sp³-hybridized carbons (Fsp3) is 0.750. The molecule has 0 saturated heterocycles. The summed E-state index contributed by atoms with van der Waals surface area (Å²) in [7, 11) is 1.93. The van der Waals surface area contributed by atoms with Gasteiger partial charge in [-0.3, -0.25) is 4.68 Å². The van der Waals surface area contributed by atoms with E-state index in [4.69, 9.17) is 5.11 Å². The zero-order valence-corrected chi connectivity index (χ0v) is 10.7. The summed E-state index contributed by atoms with van der Waals surface area (Å²) in [4.78, 5) is 0. The van der Waals surface area contributed by atoms with Crippen LogP contribution in [0.3, 0.4) is 0 Å². The predicted molar refractivity (Wildman–Crippen MR) is 65.2 cm³/mol.